The van der Waals surface area contributed by atoms with Crippen LogP contribution < -0.4 is 5.32 Å². The molecule has 0 aromatic heterocycles. The molecule has 246 valence electrons. The molecule has 2 aliphatic rings. The maximum absolute atomic E-state index is 13.7. The lowest BCUT2D eigenvalue weighted by Crippen LogP contribution is -2.65. The van der Waals surface area contributed by atoms with Gasteiger partial charge in [-0.1, -0.05) is 111 Å². The lowest BCUT2D eigenvalue weighted by Gasteiger charge is -2.49. The average molecular weight is 624 g/mol. The number of hydrogen-bond donors (Lipinski definition) is 1. The monoisotopic (exact) mass is 623 g/mol. The number of benzene rings is 2. The van der Waals surface area contributed by atoms with E-state index in [0.29, 0.717) is 19.6 Å². The molecule has 2 aromatic rings. The minimum atomic E-state index is -0.270. The maximum atomic E-state index is 13.7. The molecule has 0 bridgehead atoms. The molecule has 0 radical (unpaired) electrons. The van der Waals surface area contributed by atoms with Crippen LogP contribution in [-0.4, -0.2) is 78.6 Å². The van der Waals surface area contributed by atoms with Crippen molar-refractivity contribution in [1.82, 2.24) is 25.1 Å². The fourth-order valence-electron chi connectivity index (χ4n) is 5.69. The number of likely N-dealkylation sites (N-methyl/N-ethyl adjacent to an activating group) is 2. The van der Waals surface area contributed by atoms with Gasteiger partial charge in [0, 0.05) is 38.3 Å². The average Bonchev–Trinajstić information content (AvgIpc) is 3.09. The summed E-state index contributed by atoms with van der Waals surface area (Å²) in [5.41, 5.74) is 4.76. The molecule has 2 unspecified atom stereocenters. The van der Waals surface area contributed by atoms with Crippen LogP contribution in [0.1, 0.15) is 50.7 Å². The minimum Gasteiger partial charge on any atom is -0.369 e. The molecule has 1 fully saturated rings. The zero-order valence-corrected chi connectivity index (χ0v) is 28.4. The molecule has 2 aliphatic heterocycles. The van der Waals surface area contributed by atoms with Crippen LogP contribution in [0.5, 0.6) is 0 Å². The van der Waals surface area contributed by atoms with Crippen molar-refractivity contribution in [2.75, 3.05) is 40.3 Å². The van der Waals surface area contributed by atoms with Crippen LogP contribution in [0.3, 0.4) is 0 Å². The van der Waals surface area contributed by atoms with Crippen LogP contribution >= 0.6 is 0 Å². The molecular formula is C39H53N5O2. The topological polar surface area (TPSA) is 59.1 Å². The van der Waals surface area contributed by atoms with Gasteiger partial charge in [0.25, 0.3) is 0 Å². The Bertz CT molecular complexity index is 1350. The number of hydrazine groups is 1. The third-order valence-corrected chi connectivity index (χ3v) is 8.18. The Hall–Kier alpha value is -4.20. The normalized spacial score (nSPS) is 21.2. The summed E-state index contributed by atoms with van der Waals surface area (Å²) in [6.45, 7) is 12.6. The Balaban J connectivity index is 0.000000875. The first-order chi connectivity index (χ1) is 22.3. The Morgan fingerprint density at radius 1 is 1.07 bits per heavy atom. The number of nitrogens with zero attached hydrogens (tertiary/aromatic N) is 4. The zero-order chi connectivity index (χ0) is 33.3. The Morgan fingerprint density at radius 3 is 2.37 bits per heavy atom. The fraction of sp³-hybridized carbons (Fsp3) is 0.385. The fourth-order valence-corrected chi connectivity index (χ4v) is 5.69. The summed E-state index contributed by atoms with van der Waals surface area (Å²) in [5, 5.41) is 6.48. The van der Waals surface area contributed by atoms with Crippen molar-refractivity contribution in [3.05, 3.63) is 132 Å². The predicted octanol–water partition coefficient (Wildman–Crippen LogP) is 7.17. The molecule has 46 heavy (non-hydrogen) atoms. The summed E-state index contributed by atoms with van der Waals surface area (Å²) in [4.78, 5) is 29.8. The number of hydrogen-bond acceptors (Lipinski definition) is 5. The van der Waals surface area contributed by atoms with Gasteiger partial charge in [-0.05, 0) is 55.5 Å². The SMILES string of the molecule is C/C=C1\C=C/CC=C/C=C2\CN(C)C(N(C(=O)NCc3ccccc3)N(C)CC=O)CN2CC1c1ccccc1.C=CCC(C)C. The first kappa shape index (κ1) is 36.3. The number of fused-ring (bicyclic) bond motifs is 1. The third-order valence-electron chi connectivity index (χ3n) is 8.18. The summed E-state index contributed by atoms with van der Waals surface area (Å²) in [6, 6.07) is 20.2. The van der Waals surface area contributed by atoms with E-state index in [9.17, 15) is 9.59 Å². The van der Waals surface area contributed by atoms with Crippen LogP contribution in [0, 0.1) is 5.92 Å². The number of urea groups is 1. The van der Waals surface area contributed by atoms with Gasteiger partial charge in [0.15, 0.2) is 0 Å². The highest BCUT2D eigenvalue weighted by molar-refractivity contribution is 5.74. The zero-order valence-electron chi connectivity index (χ0n) is 28.4. The molecule has 2 amide bonds. The molecule has 2 atom stereocenters. The van der Waals surface area contributed by atoms with Crippen LogP contribution in [0.2, 0.25) is 0 Å². The second-order valence-corrected chi connectivity index (χ2v) is 12.2. The van der Waals surface area contributed by atoms with Gasteiger partial charge in [-0.3, -0.25) is 4.90 Å². The summed E-state index contributed by atoms with van der Waals surface area (Å²) in [6.07, 6.45) is 17.7. The molecule has 7 heteroatoms. The number of piperazine rings is 1. The van der Waals surface area contributed by atoms with Gasteiger partial charge in [-0.2, -0.15) is 0 Å². The van der Waals surface area contributed by atoms with Gasteiger partial charge in [0.05, 0.1) is 13.1 Å². The van der Waals surface area contributed by atoms with Crippen LogP contribution in [-0.2, 0) is 11.3 Å². The third kappa shape index (κ3) is 11.0. The second kappa shape index (κ2) is 19.3. The molecule has 0 spiro atoms. The molecule has 2 heterocycles. The van der Waals surface area contributed by atoms with Gasteiger partial charge < -0.3 is 15.0 Å². The number of allylic oxidation sites excluding steroid dienone is 7. The van der Waals surface area contributed by atoms with Gasteiger partial charge in [-0.15, -0.1) is 6.58 Å². The molecule has 0 aliphatic carbocycles. The van der Waals surface area contributed by atoms with Crippen molar-refractivity contribution < 1.29 is 9.59 Å². The lowest BCUT2D eigenvalue weighted by atomic mass is 9.89. The van der Waals surface area contributed by atoms with E-state index in [1.807, 2.05) is 43.5 Å². The molecule has 1 saturated heterocycles. The smallest absolute Gasteiger partial charge is 0.333 e. The Morgan fingerprint density at radius 2 is 1.76 bits per heavy atom. The number of amides is 2. The lowest BCUT2D eigenvalue weighted by molar-refractivity contribution is -0.116. The summed E-state index contributed by atoms with van der Waals surface area (Å²) >= 11 is 0. The van der Waals surface area contributed by atoms with Crippen molar-refractivity contribution in [3.63, 3.8) is 0 Å². The van der Waals surface area contributed by atoms with Crippen LogP contribution in [0.15, 0.2) is 121 Å². The molecule has 1 N–H and O–H groups in total. The molecular weight excluding hydrogens is 570 g/mol. The Labute approximate surface area is 277 Å². The Kier molecular flexibility index (Phi) is 15.3. The van der Waals surface area contributed by atoms with Crippen LogP contribution in [0.25, 0.3) is 0 Å². The van der Waals surface area contributed by atoms with Crippen molar-refractivity contribution in [2.45, 2.75) is 52.2 Å². The number of nitrogens with one attached hydrogen (secondary N) is 1. The molecule has 2 aromatic carbocycles. The number of rotatable bonds is 9. The highest BCUT2D eigenvalue weighted by Gasteiger charge is 2.37. The highest BCUT2D eigenvalue weighted by Crippen LogP contribution is 2.31. The predicted molar refractivity (Wildman–Crippen MR) is 191 cm³/mol. The van der Waals surface area contributed by atoms with Crippen molar-refractivity contribution in [1.29, 1.82) is 0 Å². The van der Waals surface area contributed by atoms with E-state index in [-0.39, 0.29) is 24.7 Å². The highest BCUT2D eigenvalue weighted by atomic mass is 16.2. The summed E-state index contributed by atoms with van der Waals surface area (Å²) in [7, 11) is 3.83. The first-order valence-electron chi connectivity index (χ1n) is 16.3. The first-order valence-corrected chi connectivity index (χ1v) is 16.3. The van der Waals surface area contributed by atoms with E-state index in [1.165, 1.54) is 16.8 Å². The van der Waals surface area contributed by atoms with Gasteiger partial charge >= 0.3 is 6.03 Å². The number of carbonyl (C=O) groups is 2. The van der Waals surface area contributed by atoms with Gasteiger partial charge in [0.2, 0.25) is 0 Å². The van der Waals surface area contributed by atoms with Gasteiger partial charge in [-0.25, -0.2) is 14.8 Å². The molecule has 0 saturated carbocycles. The number of carbonyl (C=O) groups excluding carboxylic acids is 2. The van der Waals surface area contributed by atoms with E-state index in [0.717, 1.165) is 37.2 Å². The van der Waals surface area contributed by atoms with Crippen molar-refractivity contribution in [2.24, 2.45) is 5.92 Å². The van der Waals surface area contributed by atoms with E-state index < -0.39 is 0 Å². The van der Waals surface area contributed by atoms with E-state index in [2.05, 4.69) is 109 Å². The van der Waals surface area contributed by atoms with Crippen molar-refractivity contribution >= 4 is 12.3 Å². The quantitative estimate of drug-likeness (QED) is 0.182. The van der Waals surface area contributed by atoms with Crippen molar-refractivity contribution in [3.8, 4) is 0 Å². The second-order valence-electron chi connectivity index (χ2n) is 12.2. The molecule has 4 rings (SSSR count). The summed E-state index contributed by atoms with van der Waals surface area (Å²) in [5.74, 6) is 0.948. The standard InChI is InChI=1S/C33H41N5O2.C6H12/c1-4-28-17-11-5-6-14-20-30-24-35(2)32(26-37(30)25-31(28)29-18-12-8-13-19-29)38(36(3)21-22-39)33(40)34-23-27-15-9-7-10-16-27;1-4-5-6(2)3/h4,6-20,22,31-32H,5,21,23-26H2,1-3H3,(H,34,40);4,6H,1,5H2,2-3H3/b14-6?,17-11-,28-4+,30-20+;. The maximum Gasteiger partial charge on any atom is 0.333 e. The number of aldehydes is 1. The van der Waals surface area contributed by atoms with Crippen LogP contribution in [0.4, 0.5) is 4.79 Å². The van der Waals surface area contributed by atoms with E-state index >= 15 is 0 Å². The largest absolute Gasteiger partial charge is 0.369 e. The van der Waals surface area contributed by atoms with Gasteiger partial charge in [0.1, 0.15) is 12.5 Å². The van der Waals surface area contributed by atoms with E-state index in [4.69, 9.17) is 0 Å². The van der Waals surface area contributed by atoms with E-state index in [1.54, 1.807) is 17.1 Å². The minimum absolute atomic E-state index is 0.120. The molecule has 7 nitrogen and oxygen atoms in total. The summed E-state index contributed by atoms with van der Waals surface area (Å²) < 4.78 is 0.